The fourth-order valence-corrected chi connectivity index (χ4v) is 2.48. The number of hydrogen-bond acceptors (Lipinski definition) is 3. The molecule has 0 amide bonds. The number of carbonyl (C=O) groups is 1. The van der Waals surface area contributed by atoms with Crippen LogP contribution in [0.4, 0.5) is 0 Å². The second kappa shape index (κ2) is 5.88. The quantitative estimate of drug-likeness (QED) is 0.777. The van der Waals surface area contributed by atoms with Gasteiger partial charge in [-0.1, -0.05) is 25.3 Å². The van der Waals surface area contributed by atoms with Gasteiger partial charge in [0.25, 0.3) is 0 Å². The molecule has 1 aromatic rings. The SMILES string of the molecule is CCOC(=O)c1cc(C#N)c(CC2CCC2)cc1C. The van der Waals surface area contributed by atoms with Crippen molar-refractivity contribution in [2.45, 2.75) is 39.5 Å². The first-order chi connectivity index (χ1) is 9.15. The van der Waals surface area contributed by atoms with Crippen LogP contribution in [0.15, 0.2) is 12.1 Å². The summed E-state index contributed by atoms with van der Waals surface area (Å²) in [4.78, 5) is 11.8. The highest BCUT2D eigenvalue weighted by Gasteiger charge is 2.21. The van der Waals surface area contributed by atoms with E-state index < -0.39 is 0 Å². The molecule has 1 aliphatic rings. The van der Waals surface area contributed by atoms with Gasteiger partial charge >= 0.3 is 5.97 Å². The van der Waals surface area contributed by atoms with Gasteiger partial charge in [0, 0.05) is 0 Å². The molecule has 1 fully saturated rings. The molecule has 3 nitrogen and oxygen atoms in total. The number of aryl methyl sites for hydroxylation is 1. The van der Waals surface area contributed by atoms with Crippen LogP contribution < -0.4 is 0 Å². The molecule has 0 heterocycles. The number of carbonyl (C=O) groups excluding carboxylic acids is 1. The Labute approximate surface area is 114 Å². The third-order valence-corrected chi connectivity index (χ3v) is 3.80. The molecule has 2 rings (SSSR count). The number of ether oxygens (including phenoxy) is 1. The summed E-state index contributed by atoms with van der Waals surface area (Å²) < 4.78 is 5.01. The van der Waals surface area contributed by atoms with Crippen LogP contribution >= 0.6 is 0 Å². The normalized spacial score (nSPS) is 14.6. The Bertz CT molecular complexity index is 524. The molecule has 0 radical (unpaired) electrons. The van der Waals surface area contributed by atoms with Gasteiger partial charge in [-0.15, -0.1) is 0 Å². The fraction of sp³-hybridized carbons (Fsp3) is 0.500. The molecule has 0 bridgehead atoms. The summed E-state index contributed by atoms with van der Waals surface area (Å²) in [6, 6.07) is 5.86. The predicted octanol–water partition coefficient (Wildman–Crippen LogP) is 3.39. The molecule has 0 spiro atoms. The van der Waals surface area contributed by atoms with Gasteiger partial charge in [-0.3, -0.25) is 0 Å². The van der Waals surface area contributed by atoms with Gasteiger partial charge < -0.3 is 4.74 Å². The van der Waals surface area contributed by atoms with Crippen LogP contribution in [0.5, 0.6) is 0 Å². The summed E-state index contributed by atoms with van der Waals surface area (Å²) in [5, 5.41) is 9.25. The van der Waals surface area contributed by atoms with Crippen molar-refractivity contribution in [3.8, 4) is 6.07 Å². The molecule has 0 unspecified atom stereocenters. The monoisotopic (exact) mass is 257 g/mol. The van der Waals surface area contributed by atoms with Gasteiger partial charge in [-0.25, -0.2) is 4.79 Å². The summed E-state index contributed by atoms with van der Waals surface area (Å²) in [6.45, 7) is 4.03. The molecule has 0 N–H and O–H groups in total. The largest absolute Gasteiger partial charge is 0.462 e. The van der Waals surface area contributed by atoms with Gasteiger partial charge in [0.15, 0.2) is 0 Å². The van der Waals surface area contributed by atoms with E-state index in [1.54, 1.807) is 13.0 Å². The van der Waals surface area contributed by atoms with E-state index in [0.29, 0.717) is 23.7 Å². The number of hydrogen-bond donors (Lipinski definition) is 0. The maximum atomic E-state index is 11.8. The van der Waals surface area contributed by atoms with Gasteiger partial charge in [0.1, 0.15) is 0 Å². The summed E-state index contributed by atoms with van der Waals surface area (Å²) in [5.74, 6) is 0.367. The van der Waals surface area contributed by atoms with Crippen molar-refractivity contribution in [2.24, 2.45) is 5.92 Å². The van der Waals surface area contributed by atoms with E-state index in [2.05, 4.69) is 6.07 Å². The second-order valence-corrected chi connectivity index (χ2v) is 5.16. The van der Waals surface area contributed by atoms with E-state index in [0.717, 1.165) is 17.5 Å². The van der Waals surface area contributed by atoms with Crippen LogP contribution in [0.3, 0.4) is 0 Å². The van der Waals surface area contributed by atoms with E-state index in [1.165, 1.54) is 19.3 Å². The van der Waals surface area contributed by atoms with Crippen molar-refractivity contribution >= 4 is 5.97 Å². The summed E-state index contributed by atoms with van der Waals surface area (Å²) >= 11 is 0. The van der Waals surface area contributed by atoms with Crippen molar-refractivity contribution in [1.29, 1.82) is 5.26 Å². The first-order valence-corrected chi connectivity index (χ1v) is 6.86. The molecule has 3 heteroatoms. The van der Waals surface area contributed by atoms with Crippen LogP contribution in [0, 0.1) is 24.2 Å². The van der Waals surface area contributed by atoms with Crippen molar-refractivity contribution in [1.82, 2.24) is 0 Å². The Morgan fingerprint density at radius 1 is 1.47 bits per heavy atom. The molecule has 100 valence electrons. The van der Waals surface area contributed by atoms with Gasteiger partial charge in [-0.05, 0) is 43.4 Å². The second-order valence-electron chi connectivity index (χ2n) is 5.16. The highest BCUT2D eigenvalue weighted by Crippen LogP contribution is 2.31. The predicted molar refractivity (Wildman–Crippen MR) is 72.9 cm³/mol. The van der Waals surface area contributed by atoms with E-state index in [1.807, 2.05) is 13.0 Å². The lowest BCUT2D eigenvalue weighted by atomic mass is 9.79. The number of nitriles is 1. The molecular weight excluding hydrogens is 238 g/mol. The smallest absolute Gasteiger partial charge is 0.338 e. The summed E-state index contributed by atoms with van der Waals surface area (Å²) in [6.07, 6.45) is 4.76. The van der Waals surface area contributed by atoms with E-state index >= 15 is 0 Å². The molecule has 1 aromatic carbocycles. The Hall–Kier alpha value is -1.82. The topological polar surface area (TPSA) is 50.1 Å². The maximum Gasteiger partial charge on any atom is 0.338 e. The van der Waals surface area contributed by atoms with Crippen LogP contribution in [0.25, 0.3) is 0 Å². The zero-order valence-corrected chi connectivity index (χ0v) is 11.5. The Balaban J connectivity index is 2.28. The van der Waals surface area contributed by atoms with E-state index in [9.17, 15) is 10.1 Å². The highest BCUT2D eigenvalue weighted by atomic mass is 16.5. The van der Waals surface area contributed by atoms with E-state index in [-0.39, 0.29) is 5.97 Å². The minimum Gasteiger partial charge on any atom is -0.462 e. The van der Waals surface area contributed by atoms with Crippen LogP contribution in [-0.4, -0.2) is 12.6 Å². The van der Waals surface area contributed by atoms with Crippen molar-refractivity contribution in [2.75, 3.05) is 6.61 Å². The Morgan fingerprint density at radius 3 is 2.74 bits per heavy atom. The van der Waals surface area contributed by atoms with E-state index in [4.69, 9.17) is 4.74 Å². The van der Waals surface area contributed by atoms with Gasteiger partial charge in [0.2, 0.25) is 0 Å². The van der Waals surface area contributed by atoms with Gasteiger partial charge in [-0.2, -0.15) is 5.26 Å². The standard InChI is InChI=1S/C16H19NO2/c1-3-19-16(18)15-9-14(10-17)13(7-11(15)2)8-12-5-4-6-12/h7,9,12H,3-6,8H2,1-2H3. The van der Waals surface area contributed by atoms with Crippen molar-refractivity contribution in [3.63, 3.8) is 0 Å². The number of nitrogens with zero attached hydrogens (tertiary/aromatic N) is 1. The zero-order valence-electron chi connectivity index (χ0n) is 11.5. The molecule has 0 atom stereocenters. The highest BCUT2D eigenvalue weighted by molar-refractivity contribution is 5.91. The molecule has 0 saturated heterocycles. The minimum absolute atomic E-state index is 0.341. The third kappa shape index (κ3) is 2.96. The van der Waals surface area contributed by atoms with Crippen molar-refractivity contribution < 1.29 is 9.53 Å². The van der Waals surface area contributed by atoms with Crippen LogP contribution in [0.1, 0.15) is 53.2 Å². The Morgan fingerprint density at radius 2 is 2.21 bits per heavy atom. The van der Waals surface area contributed by atoms with Crippen molar-refractivity contribution in [3.05, 3.63) is 34.4 Å². The average molecular weight is 257 g/mol. The third-order valence-electron chi connectivity index (χ3n) is 3.80. The molecule has 0 aromatic heterocycles. The molecule has 1 aliphatic carbocycles. The molecular formula is C16H19NO2. The maximum absolute atomic E-state index is 11.8. The lowest BCUT2D eigenvalue weighted by molar-refractivity contribution is 0.0525. The lowest BCUT2D eigenvalue weighted by Gasteiger charge is -2.26. The summed E-state index contributed by atoms with van der Waals surface area (Å²) in [7, 11) is 0. The minimum atomic E-state index is -0.341. The summed E-state index contributed by atoms with van der Waals surface area (Å²) in [5.41, 5.74) is 3.08. The first-order valence-electron chi connectivity index (χ1n) is 6.86. The Kier molecular flexibility index (Phi) is 4.21. The average Bonchev–Trinajstić information content (AvgIpc) is 2.34. The lowest BCUT2D eigenvalue weighted by Crippen LogP contribution is -2.15. The number of rotatable bonds is 4. The zero-order chi connectivity index (χ0) is 13.8. The fourth-order valence-electron chi connectivity index (χ4n) is 2.48. The van der Waals surface area contributed by atoms with Crippen LogP contribution in [0.2, 0.25) is 0 Å². The molecule has 1 saturated carbocycles. The van der Waals surface area contributed by atoms with Gasteiger partial charge in [0.05, 0.1) is 23.8 Å². The number of benzene rings is 1. The molecule has 19 heavy (non-hydrogen) atoms. The first kappa shape index (κ1) is 13.6. The van der Waals surface area contributed by atoms with Crippen LogP contribution in [-0.2, 0) is 11.2 Å². The number of esters is 1. The molecule has 0 aliphatic heterocycles.